The van der Waals surface area contributed by atoms with Crippen molar-refractivity contribution in [3.63, 3.8) is 0 Å². The molecule has 2 aromatic rings. The molecule has 0 unspecified atom stereocenters. The number of benzene rings is 2. The minimum atomic E-state index is -0.507. The Kier molecular flexibility index (Phi) is 5.78. The van der Waals surface area contributed by atoms with Crippen molar-refractivity contribution in [2.75, 3.05) is 5.32 Å². The van der Waals surface area contributed by atoms with Gasteiger partial charge in [0.2, 0.25) is 11.8 Å². The molecular formula is C20H20N4O4. The lowest BCUT2D eigenvalue weighted by atomic mass is 10.1. The highest BCUT2D eigenvalue weighted by molar-refractivity contribution is 6.05. The standard InChI is InChI=1S/C20H20N4O4/c1-13(11-19(25)21-15-7-9-16(10-8-15)24(27)28)22-23-20(26)18-12-17(18)14-5-3-2-4-6-14/h2-10,17-18H,11-12H2,1H3,(H,21,25)(H,23,26)/b22-13-/t17-,18+/m1/s1. The predicted molar refractivity (Wildman–Crippen MR) is 105 cm³/mol. The van der Waals surface area contributed by atoms with E-state index in [-0.39, 0.29) is 35.8 Å². The molecule has 28 heavy (non-hydrogen) atoms. The van der Waals surface area contributed by atoms with E-state index in [2.05, 4.69) is 15.8 Å². The maximum Gasteiger partial charge on any atom is 0.269 e. The summed E-state index contributed by atoms with van der Waals surface area (Å²) in [5.74, 6) is -0.336. The lowest BCUT2D eigenvalue weighted by molar-refractivity contribution is -0.384. The Morgan fingerprint density at radius 2 is 1.82 bits per heavy atom. The zero-order valence-corrected chi connectivity index (χ0v) is 15.3. The fraction of sp³-hybridized carbons (Fsp3) is 0.250. The molecule has 2 N–H and O–H groups in total. The molecule has 0 heterocycles. The Morgan fingerprint density at radius 1 is 1.14 bits per heavy atom. The SMILES string of the molecule is C/C(CC(=O)Nc1ccc([N+](=O)[O-])cc1)=N/NC(=O)[C@H]1C[C@@H]1c1ccccc1. The molecule has 0 saturated heterocycles. The summed E-state index contributed by atoms with van der Waals surface area (Å²) < 4.78 is 0. The number of non-ortho nitro benzene ring substituents is 1. The van der Waals surface area contributed by atoms with Gasteiger partial charge in [-0.25, -0.2) is 5.43 Å². The van der Waals surface area contributed by atoms with E-state index in [0.717, 1.165) is 12.0 Å². The van der Waals surface area contributed by atoms with Crippen molar-refractivity contribution in [2.24, 2.45) is 11.0 Å². The van der Waals surface area contributed by atoms with Gasteiger partial charge < -0.3 is 5.32 Å². The van der Waals surface area contributed by atoms with Gasteiger partial charge in [0.05, 0.1) is 11.3 Å². The van der Waals surface area contributed by atoms with Crippen LogP contribution in [0.1, 0.15) is 31.2 Å². The number of rotatable bonds is 7. The van der Waals surface area contributed by atoms with Crippen LogP contribution in [0.4, 0.5) is 11.4 Å². The molecule has 0 aromatic heterocycles. The van der Waals surface area contributed by atoms with Crippen molar-refractivity contribution in [3.8, 4) is 0 Å². The molecule has 1 aliphatic rings. The van der Waals surface area contributed by atoms with Crippen molar-refractivity contribution in [1.29, 1.82) is 0 Å². The lowest BCUT2D eigenvalue weighted by Crippen LogP contribution is -2.23. The van der Waals surface area contributed by atoms with E-state index in [1.54, 1.807) is 6.92 Å². The number of hydrogen-bond donors (Lipinski definition) is 2. The van der Waals surface area contributed by atoms with Crippen molar-refractivity contribution in [3.05, 3.63) is 70.3 Å². The quantitative estimate of drug-likeness (QED) is 0.436. The second kappa shape index (κ2) is 8.43. The van der Waals surface area contributed by atoms with Gasteiger partial charge in [0, 0.05) is 29.4 Å². The Bertz CT molecular complexity index is 910. The Labute approximate surface area is 161 Å². The number of carbonyl (C=O) groups is 2. The number of hydrogen-bond acceptors (Lipinski definition) is 5. The third-order valence-electron chi connectivity index (χ3n) is 4.49. The Hall–Kier alpha value is -3.55. The molecule has 0 radical (unpaired) electrons. The lowest BCUT2D eigenvalue weighted by Gasteiger charge is -2.05. The van der Waals surface area contributed by atoms with Crippen LogP contribution >= 0.6 is 0 Å². The van der Waals surface area contributed by atoms with Gasteiger partial charge >= 0.3 is 0 Å². The summed E-state index contributed by atoms with van der Waals surface area (Å²) in [5.41, 5.74) is 4.54. The van der Waals surface area contributed by atoms with E-state index in [9.17, 15) is 19.7 Å². The summed E-state index contributed by atoms with van der Waals surface area (Å²) in [4.78, 5) is 34.3. The van der Waals surface area contributed by atoms with Crippen LogP contribution < -0.4 is 10.7 Å². The summed E-state index contributed by atoms with van der Waals surface area (Å²) in [6.07, 6.45) is 0.801. The fourth-order valence-electron chi connectivity index (χ4n) is 2.93. The highest BCUT2D eigenvalue weighted by Crippen LogP contribution is 2.47. The van der Waals surface area contributed by atoms with Crippen molar-refractivity contribution >= 4 is 28.9 Å². The normalized spacial score (nSPS) is 18.2. The summed E-state index contributed by atoms with van der Waals surface area (Å²) >= 11 is 0. The number of nitro groups is 1. The predicted octanol–water partition coefficient (Wildman–Crippen LogP) is 3.22. The highest BCUT2D eigenvalue weighted by Gasteiger charge is 2.43. The molecule has 8 heteroatoms. The van der Waals surface area contributed by atoms with Gasteiger partial charge in [0.15, 0.2) is 0 Å². The minimum absolute atomic E-state index is 0.00402. The van der Waals surface area contributed by atoms with Crippen LogP contribution in [0, 0.1) is 16.0 Å². The van der Waals surface area contributed by atoms with Gasteiger partial charge in [0.1, 0.15) is 0 Å². The molecule has 2 atom stereocenters. The van der Waals surface area contributed by atoms with Crippen LogP contribution in [0.25, 0.3) is 0 Å². The van der Waals surface area contributed by atoms with E-state index in [0.29, 0.717) is 11.4 Å². The van der Waals surface area contributed by atoms with Gasteiger partial charge in [-0.05, 0) is 37.0 Å². The first-order valence-electron chi connectivity index (χ1n) is 8.86. The van der Waals surface area contributed by atoms with Gasteiger partial charge in [-0.15, -0.1) is 0 Å². The second-order valence-corrected chi connectivity index (χ2v) is 6.71. The van der Waals surface area contributed by atoms with Gasteiger partial charge in [-0.1, -0.05) is 30.3 Å². The minimum Gasteiger partial charge on any atom is -0.326 e. The first kappa shape index (κ1) is 19.2. The van der Waals surface area contributed by atoms with Crippen LogP contribution in [-0.4, -0.2) is 22.4 Å². The third kappa shape index (κ3) is 5.00. The second-order valence-electron chi connectivity index (χ2n) is 6.71. The van der Waals surface area contributed by atoms with E-state index >= 15 is 0 Å². The van der Waals surface area contributed by atoms with E-state index in [4.69, 9.17) is 0 Å². The molecule has 1 saturated carbocycles. The maximum absolute atomic E-state index is 12.2. The summed E-state index contributed by atoms with van der Waals surface area (Å²) in [6, 6.07) is 15.4. The first-order valence-corrected chi connectivity index (χ1v) is 8.86. The van der Waals surface area contributed by atoms with Crippen LogP contribution in [0.2, 0.25) is 0 Å². The molecule has 144 valence electrons. The average Bonchev–Trinajstić information content (AvgIpc) is 3.48. The smallest absolute Gasteiger partial charge is 0.269 e. The maximum atomic E-state index is 12.2. The molecule has 1 aliphatic carbocycles. The molecule has 0 bridgehead atoms. The third-order valence-corrected chi connectivity index (χ3v) is 4.49. The number of hydrazone groups is 1. The average molecular weight is 380 g/mol. The van der Waals surface area contributed by atoms with E-state index in [1.165, 1.54) is 24.3 Å². The number of anilines is 1. The van der Waals surface area contributed by atoms with E-state index in [1.807, 2.05) is 30.3 Å². The first-order chi connectivity index (χ1) is 13.4. The molecule has 1 fully saturated rings. The topological polar surface area (TPSA) is 114 Å². The Morgan fingerprint density at radius 3 is 2.46 bits per heavy atom. The summed E-state index contributed by atoms with van der Waals surface area (Å²) in [6.45, 7) is 1.65. The van der Waals surface area contributed by atoms with Crippen molar-refractivity contribution < 1.29 is 14.5 Å². The number of carbonyl (C=O) groups excluding carboxylic acids is 2. The highest BCUT2D eigenvalue weighted by atomic mass is 16.6. The van der Waals surface area contributed by atoms with E-state index < -0.39 is 4.92 Å². The van der Waals surface area contributed by atoms with Gasteiger partial charge in [0.25, 0.3) is 5.69 Å². The molecule has 2 aromatic carbocycles. The van der Waals surface area contributed by atoms with Crippen LogP contribution in [-0.2, 0) is 9.59 Å². The fourth-order valence-corrected chi connectivity index (χ4v) is 2.93. The van der Waals surface area contributed by atoms with Crippen molar-refractivity contribution in [1.82, 2.24) is 5.43 Å². The number of nitrogens with one attached hydrogen (secondary N) is 2. The van der Waals surface area contributed by atoms with Gasteiger partial charge in [-0.2, -0.15) is 5.10 Å². The molecular weight excluding hydrogens is 360 g/mol. The monoisotopic (exact) mass is 380 g/mol. The van der Waals surface area contributed by atoms with Crippen molar-refractivity contribution in [2.45, 2.75) is 25.7 Å². The molecule has 8 nitrogen and oxygen atoms in total. The number of amides is 2. The summed E-state index contributed by atoms with van der Waals surface area (Å²) in [5, 5.41) is 17.3. The molecule has 0 aliphatic heterocycles. The number of nitro benzene ring substituents is 1. The van der Waals surface area contributed by atoms with Crippen LogP contribution in [0.3, 0.4) is 0 Å². The Balaban J connectivity index is 1.45. The molecule has 3 rings (SSSR count). The zero-order chi connectivity index (χ0) is 20.1. The van der Waals surface area contributed by atoms with Gasteiger partial charge in [-0.3, -0.25) is 19.7 Å². The molecule has 2 amide bonds. The largest absolute Gasteiger partial charge is 0.326 e. The van der Waals surface area contributed by atoms with Crippen LogP contribution in [0.15, 0.2) is 59.7 Å². The molecule has 0 spiro atoms. The summed E-state index contributed by atoms with van der Waals surface area (Å²) in [7, 11) is 0. The van der Waals surface area contributed by atoms with Crippen LogP contribution in [0.5, 0.6) is 0 Å². The zero-order valence-electron chi connectivity index (χ0n) is 15.3. The number of nitrogens with zero attached hydrogens (tertiary/aromatic N) is 2.